The van der Waals surface area contributed by atoms with Crippen LogP contribution in [0.3, 0.4) is 0 Å². The Morgan fingerprint density at radius 2 is 1.52 bits per heavy atom. The lowest BCUT2D eigenvalue weighted by Crippen LogP contribution is -2.34. The molecule has 7 nitrogen and oxygen atoms in total. The number of nitrogens with one attached hydrogen (secondary N) is 2. The van der Waals surface area contributed by atoms with Crippen LogP contribution < -0.4 is 29.7 Å². The molecule has 0 unspecified atom stereocenters. The molecule has 0 aliphatic rings. The summed E-state index contributed by atoms with van der Waals surface area (Å²) < 4.78 is 15.8. The molecule has 0 radical (unpaired) electrons. The van der Waals surface area contributed by atoms with Crippen LogP contribution >= 0.6 is 12.2 Å². The van der Waals surface area contributed by atoms with Crippen LogP contribution in [0.5, 0.6) is 17.2 Å². The third kappa shape index (κ3) is 5.01. The van der Waals surface area contributed by atoms with Crippen LogP contribution in [0.25, 0.3) is 0 Å². The van der Waals surface area contributed by atoms with Crippen molar-refractivity contribution >= 4 is 34.6 Å². The van der Waals surface area contributed by atoms with Gasteiger partial charge in [0.25, 0.3) is 5.91 Å². The molecule has 0 aromatic heterocycles. The van der Waals surface area contributed by atoms with E-state index in [4.69, 9.17) is 26.4 Å². The SMILES string of the molecule is COc1cc(C(=O)NC(=S)Nc2ccc(N(C)C)cc2)cc(OC)c1OC. The van der Waals surface area contributed by atoms with Gasteiger partial charge in [-0.25, -0.2) is 0 Å². The van der Waals surface area contributed by atoms with E-state index < -0.39 is 5.91 Å². The second-order valence-corrected chi connectivity index (χ2v) is 6.17. The Morgan fingerprint density at radius 3 is 1.96 bits per heavy atom. The number of nitrogens with zero attached hydrogens (tertiary/aromatic N) is 1. The number of amides is 1. The van der Waals surface area contributed by atoms with Gasteiger partial charge >= 0.3 is 0 Å². The summed E-state index contributed by atoms with van der Waals surface area (Å²) in [4.78, 5) is 14.5. The Bertz CT molecular complexity index is 797. The smallest absolute Gasteiger partial charge is 0.257 e. The highest BCUT2D eigenvalue weighted by molar-refractivity contribution is 7.80. The van der Waals surface area contributed by atoms with Crippen molar-refractivity contribution in [3.05, 3.63) is 42.0 Å². The number of anilines is 2. The van der Waals surface area contributed by atoms with Crippen LogP contribution in [0, 0.1) is 0 Å². The zero-order valence-corrected chi connectivity index (χ0v) is 16.8. The van der Waals surface area contributed by atoms with Crippen molar-refractivity contribution in [3.63, 3.8) is 0 Å². The maximum absolute atomic E-state index is 12.5. The fraction of sp³-hybridized carbons (Fsp3) is 0.263. The average Bonchev–Trinajstić information content (AvgIpc) is 2.66. The minimum atomic E-state index is -0.392. The van der Waals surface area contributed by atoms with Gasteiger partial charge < -0.3 is 24.4 Å². The average molecular weight is 389 g/mol. The molecule has 0 spiro atoms. The lowest BCUT2D eigenvalue weighted by atomic mass is 10.1. The van der Waals surface area contributed by atoms with Crippen molar-refractivity contribution in [2.24, 2.45) is 0 Å². The summed E-state index contributed by atoms with van der Waals surface area (Å²) in [6.45, 7) is 0. The highest BCUT2D eigenvalue weighted by Gasteiger charge is 2.17. The molecule has 0 fully saturated rings. The Morgan fingerprint density at radius 1 is 0.963 bits per heavy atom. The second-order valence-electron chi connectivity index (χ2n) is 5.76. The fourth-order valence-corrected chi connectivity index (χ4v) is 2.60. The Balaban J connectivity index is 2.11. The molecule has 0 atom stereocenters. The predicted molar refractivity (Wildman–Crippen MR) is 111 cm³/mol. The van der Waals surface area contributed by atoms with Crippen LogP contribution in [-0.4, -0.2) is 46.4 Å². The molecule has 0 heterocycles. The van der Waals surface area contributed by atoms with Crippen molar-refractivity contribution < 1.29 is 19.0 Å². The van der Waals surface area contributed by atoms with Gasteiger partial charge in [-0.3, -0.25) is 10.1 Å². The number of ether oxygens (including phenoxy) is 3. The molecule has 0 saturated carbocycles. The third-order valence-corrected chi connectivity index (χ3v) is 4.00. The number of rotatable bonds is 6. The van der Waals surface area contributed by atoms with Crippen LogP contribution in [0.2, 0.25) is 0 Å². The quantitative estimate of drug-likeness (QED) is 0.736. The lowest BCUT2D eigenvalue weighted by molar-refractivity contribution is 0.0977. The number of benzene rings is 2. The lowest BCUT2D eigenvalue weighted by Gasteiger charge is -2.15. The van der Waals surface area contributed by atoms with Gasteiger partial charge in [0.05, 0.1) is 21.3 Å². The summed E-state index contributed by atoms with van der Waals surface area (Å²) in [5, 5.41) is 5.81. The van der Waals surface area contributed by atoms with Crippen LogP contribution in [0.4, 0.5) is 11.4 Å². The highest BCUT2D eigenvalue weighted by atomic mass is 32.1. The van der Waals surface area contributed by atoms with E-state index in [2.05, 4.69) is 10.6 Å². The Hall–Kier alpha value is -3.00. The van der Waals surface area contributed by atoms with E-state index >= 15 is 0 Å². The summed E-state index contributed by atoms with van der Waals surface area (Å²) in [6.07, 6.45) is 0. The maximum atomic E-state index is 12.5. The van der Waals surface area contributed by atoms with E-state index in [-0.39, 0.29) is 5.11 Å². The molecule has 0 aliphatic carbocycles. The molecule has 2 N–H and O–H groups in total. The zero-order valence-electron chi connectivity index (χ0n) is 16.0. The molecule has 0 aliphatic heterocycles. The predicted octanol–water partition coefficient (Wildman–Crippen LogP) is 2.91. The number of hydrogen-bond donors (Lipinski definition) is 2. The first-order valence-electron chi connectivity index (χ1n) is 8.09. The van der Waals surface area contributed by atoms with Crippen LogP contribution in [0.15, 0.2) is 36.4 Å². The molecule has 144 valence electrons. The van der Waals surface area contributed by atoms with Crippen molar-refractivity contribution in [3.8, 4) is 17.2 Å². The second kappa shape index (κ2) is 9.09. The van der Waals surface area contributed by atoms with E-state index in [1.54, 1.807) is 12.1 Å². The molecular weight excluding hydrogens is 366 g/mol. The Labute approximate surface area is 164 Å². The molecule has 2 aromatic carbocycles. The van der Waals surface area contributed by atoms with Crippen molar-refractivity contribution in [2.45, 2.75) is 0 Å². The summed E-state index contributed by atoms with van der Waals surface area (Å²) in [7, 11) is 8.40. The largest absolute Gasteiger partial charge is 0.493 e. The first kappa shape index (κ1) is 20.3. The number of thiocarbonyl (C=S) groups is 1. The van der Waals surface area contributed by atoms with E-state index in [9.17, 15) is 4.79 Å². The van der Waals surface area contributed by atoms with Crippen LogP contribution in [0.1, 0.15) is 10.4 Å². The van der Waals surface area contributed by atoms with Crippen molar-refractivity contribution in [2.75, 3.05) is 45.6 Å². The topological polar surface area (TPSA) is 72.1 Å². The highest BCUT2D eigenvalue weighted by Crippen LogP contribution is 2.38. The minimum Gasteiger partial charge on any atom is -0.493 e. The minimum absolute atomic E-state index is 0.186. The van der Waals surface area contributed by atoms with Gasteiger partial charge in [0.15, 0.2) is 16.6 Å². The molecule has 2 rings (SSSR count). The first-order chi connectivity index (χ1) is 12.9. The zero-order chi connectivity index (χ0) is 20.0. The van der Waals surface area contributed by atoms with E-state index in [1.165, 1.54) is 21.3 Å². The molecular formula is C19H23N3O4S. The molecule has 8 heteroatoms. The maximum Gasteiger partial charge on any atom is 0.257 e. The van der Waals surface area contributed by atoms with Gasteiger partial charge in [0.2, 0.25) is 5.75 Å². The number of hydrogen-bond acceptors (Lipinski definition) is 6. The monoisotopic (exact) mass is 389 g/mol. The summed E-state index contributed by atoms with van der Waals surface area (Å²) in [5.74, 6) is 0.801. The van der Waals surface area contributed by atoms with Gasteiger partial charge in [-0.15, -0.1) is 0 Å². The molecule has 1 amide bonds. The van der Waals surface area contributed by atoms with E-state index in [1.807, 2.05) is 43.3 Å². The third-order valence-electron chi connectivity index (χ3n) is 3.80. The van der Waals surface area contributed by atoms with Gasteiger partial charge in [0.1, 0.15) is 0 Å². The van der Waals surface area contributed by atoms with Crippen LogP contribution in [-0.2, 0) is 0 Å². The molecule has 0 saturated heterocycles. The summed E-state index contributed by atoms with van der Waals surface area (Å²) in [5.41, 5.74) is 2.17. The number of methoxy groups -OCH3 is 3. The molecule has 0 bridgehead atoms. The fourth-order valence-electron chi connectivity index (χ4n) is 2.39. The Kier molecular flexibility index (Phi) is 6.84. The normalized spacial score (nSPS) is 9.96. The summed E-state index contributed by atoms with van der Waals surface area (Å²) >= 11 is 5.23. The van der Waals surface area contributed by atoms with Gasteiger partial charge in [-0.2, -0.15) is 0 Å². The molecule has 2 aromatic rings. The van der Waals surface area contributed by atoms with Crippen molar-refractivity contribution in [1.29, 1.82) is 0 Å². The first-order valence-corrected chi connectivity index (χ1v) is 8.50. The molecule has 27 heavy (non-hydrogen) atoms. The van der Waals surface area contributed by atoms with E-state index in [0.717, 1.165) is 11.4 Å². The summed E-state index contributed by atoms with van der Waals surface area (Å²) in [6, 6.07) is 10.8. The standard InChI is InChI=1S/C19H23N3O4S/c1-22(2)14-8-6-13(7-9-14)20-19(27)21-18(23)12-10-15(24-3)17(26-5)16(11-12)25-4/h6-11H,1-5H3,(H2,20,21,23,27). The number of carbonyl (C=O) groups excluding carboxylic acids is 1. The number of carbonyl (C=O) groups is 1. The van der Waals surface area contributed by atoms with Crippen molar-refractivity contribution in [1.82, 2.24) is 5.32 Å². The van der Waals surface area contributed by atoms with Gasteiger partial charge in [0, 0.05) is 31.0 Å². The van der Waals surface area contributed by atoms with Gasteiger partial charge in [-0.05, 0) is 48.6 Å². The van der Waals surface area contributed by atoms with E-state index in [0.29, 0.717) is 22.8 Å². The van der Waals surface area contributed by atoms with Gasteiger partial charge in [-0.1, -0.05) is 0 Å².